The second-order valence-corrected chi connectivity index (χ2v) is 6.16. The zero-order chi connectivity index (χ0) is 19.1. The van der Waals surface area contributed by atoms with E-state index in [1.807, 2.05) is 48.5 Å². The molecule has 0 atom stereocenters. The molecule has 1 heterocycles. The number of carboxylic acids is 1. The molecule has 27 heavy (non-hydrogen) atoms. The number of rotatable bonds is 8. The molecule has 0 saturated heterocycles. The molecule has 3 aromatic rings. The molecule has 0 aliphatic heterocycles. The van der Waals surface area contributed by atoms with Crippen LogP contribution in [0.25, 0.3) is 11.3 Å². The third-order valence-electron chi connectivity index (χ3n) is 4.19. The predicted molar refractivity (Wildman–Crippen MR) is 105 cm³/mol. The Hall–Kier alpha value is -3.41. The number of nitrogens with one attached hydrogen (secondary N) is 1. The maximum absolute atomic E-state index is 12.7. The minimum Gasteiger partial charge on any atom is -0.480 e. The van der Waals surface area contributed by atoms with Crippen LogP contribution >= 0.6 is 0 Å². The van der Waals surface area contributed by atoms with Crippen molar-refractivity contribution in [1.82, 2.24) is 9.55 Å². The van der Waals surface area contributed by atoms with Crippen molar-refractivity contribution in [3.8, 4) is 11.3 Å². The van der Waals surface area contributed by atoms with E-state index in [0.717, 1.165) is 18.4 Å². The van der Waals surface area contributed by atoms with Crippen molar-refractivity contribution in [2.24, 2.45) is 0 Å². The molecule has 1 aromatic heterocycles. The number of aliphatic carboxylic acids is 1. The molecule has 2 aromatic carbocycles. The van der Waals surface area contributed by atoms with Gasteiger partial charge in [-0.1, -0.05) is 60.7 Å². The molecular weight excluding hydrogens is 342 g/mol. The van der Waals surface area contributed by atoms with Crippen LogP contribution in [-0.4, -0.2) is 27.2 Å². The number of benzene rings is 2. The van der Waals surface area contributed by atoms with Crippen LogP contribution in [0.1, 0.15) is 12.0 Å². The van der Waals surface area contributed by atoms with Crippen LogP contribution < -0.4 is 10.9 Å². The number of aryl methyl sites for hydroxylation is 1. The van der Waals surface area contributed by atoms with E-state index in [-0.39, 0.29) is 5.82 Å². The largest absolute Gasteiger partial charge is 0.480 e. The Morgan fingerprint density at radius 3 is 2.37 bits per heavy atom. The Labute approximate surface area is 157 Å². The molecule has 0 aliphatic rings. The van der Waals surface area contributed by atoms with Crippen LogP contribution in [0.4, 0.5) is 5.82 Å². The monoisotopic (exact) mass is 363 g/mol. The van der Waals surface area contributed by atoms with Crippen LogP contribution in [-0.2, 0) is 17.8 Å². The summed E-state index contributed by atoms with van der Waals surface area (Å²) >= 11 is 0. The van der Waals surface area contributed by atoms with Gasteiger partial charge in [0.25, 0.3) is 5.56 Å². The van der Waals surface area contributed by atoms with Gasteiger partial charge in [-0.15, -0.1) is 0 Å². The molecule has 2 N–H and O–H groups in total. The van der Waals surface area contributed by atoms with Crippen molar-refractivity contribution in [1.29, 1.82) is 0 Å². The lowest BCUT2D eigenvalue weighted by molar-refractivity contribution is -0.137. The van der Waals surface area contributed by atoms with Crippen molar-refractivity contribution in [3.63, 3.8) is 0 Å². The fourth-order valence-corrected chi connectivity index (χ4v) is 2.88. The highest BCUT2D eigenvalue weighted by Crippen LogP contribution is 2.17. The van der Waals surface area contributed by atoms with Crippen molar-refractivity contribution in [3.05, 3.63) is 82.8 Å². The van der Waals surface area contributed by atoms with Crippen LogP contribution in [0.3, 0.4) is 0 Å². The predicted octanol–water partition coefficient (Wildman–Crippen LogP) is 3.04. The number of hydrogen-bond donors (Lipinski definition) is 2. The number of carbonyl (C=O) groups is 1. The normalized spacial score (nSPS) is 10.5. The molecule has 6 heteroatoms. The van der Waals surface area contributed by atoms with Gasteiger partial charge in [0.15, 0.2) is 5.82 Å². The third-order valence-corrected chi connectivity index (χ3v) is 4.19. The second kappa shape index (κ2) is 8.80. The van der Waals surface area contributed by atoms with Gasteiger partial charge in [0.1, 0.15) is 6.54 Å². The van der Waals surface area contributed by atoms with Crippen LogP contribution in [0, 0.1) is 0 Å². The third kappa shape index (κ3) is 4.82. The molecule has 0 spiro atoms. The highest BCUT2D eigenvalue weighted by Gasteiger charge is 2.14. The summed E-state index contributed by atoms with van der Waals surface area (Å²) in [6.45, 7) is 0.166. The molecule has 3 rings (SSSR count). The minimum atomic E-state index is -1.07. The fraction of sp³-hybridized carbons (Fsp3) is 0.190. The Morgan fingerprint density at radius 1 is 1.04 bits per heavy atom. The van der Waals surface area contributed by atoms with E-state index in [1.165, 1.54) is 10.1 Å². The quantitative estimate of drug-likeness (QED) is 0.601. The standard InChI is InChI=1S/C21H21N3O3/c25-19(26)15-24-18(17-11-5-2-6-12-17)14-23-20(21(24)27)22-13-7-10-16-8-3-1-4-9-16/h1-6,8-9,11-12,14H,7,10,13,15H2,(H,22,23)(H,25,26). The summed E-state index contributed by atoms with van der Waals surface area (Å²) in [4.78, 5) is 28.2. The van der Waals surface area contributed by atoms with Gasteiger partial charge in [0.2, 0.25) is 0 Å². The van der Waals surface area contributed by atoms with E-state index >= 15 is 0 Å². The molecular formula is C21H21N3O3. The highest BCUT2D eigenvalue weighted by molar-refractivity contribution is 5.69. The van der Waals surface area contributed by atoms with Crippen molar-refractivity contribution in [2.45, 2.75) is 19.4 Å². The van der Waals surface area contributed by atoms with E-state index in [1.54, 1.807) is 6.20 Å². The second-order valence-electron chi connectivity index (χ2n) is 6.16. The number of hydrogen-bond acceptors (Lipinski definition) is 4. The van der Waals surface area contributed by atoms with Crippen LogP contribution in [0.15, 0.2) is 71.7 Å². The van der Waals surface area contributed by atoms with Gasteiger partial charge in [-0.2, -0.15) is 0 Å². The minimum absolute atomic E-state index is 0.170. The maximum Gasteiger partial charge on any atom is 0.323 e. The molecule has 0 amide bonds. The summed E-state index contributed by atoms with van der Waals surface area (Å²) < 4.78 is 1.24. The van der Waals surface area contributed by atoms with E-state index < -0.39 is 18.1 Å². The SMILES string of the molecule is O=C(O)Cn1c(-c2ccccc2)cnc(NCCCc2ccccc2)c1=O. The Balaban J connectivity index is 1.76. The summed E-state index contributed by atoms with van der Waals surface area (Å²) in [5.41, 5.74) is 2.03. The van der Waals surface area contributed by atoms with Crippen molar-refractivity contribution >= 4 is 11.8 Å². The average molecular weight is 363 g/mol. The molecule has 0 saturated carbocycles. The van der Waals surface area contributed by atoms with Crippen LogP contribution in [0.2, 0.25) is 0 Å². The smallest absolute Gasteiger partial charge is 0.323 e. The number of nitrogens with zero attached hydrogens (tertiary/aromatic N) is 2. The average Bonchev–Trinajstić information content (AvgIpc) is 2.69. The van der Waals surface area contributed by atoms with Crippen molar-refractivity contribution < 1.29 is 9.90 Å². The number of aromatic nitrogens is 2. The maximum atomic E-state index is 12.7. The van der Waals surface area contributed by atoms with Crippen molar-refractivity contribution in [2.75, 3.05) is 11.9 Å². The van der Waals surface area contributed by atoms with Gasteiger partial charge in [-0.05, 0) is 24.0 Å². The Morgan fingerprint density at radius 2 is 1.70 bits per heavy atom. The van der Waals surface area contributed by atoms with Gasteiger partial charge < -0.3 is 10.4 Å². The molecule has 0 fully saturated rings. The van der Waals surface area contributed by atoms with Gasteiger partial charge in [-0.3, -0.25) is 14.2 Å². The van der Waals surface area contributed by atoms with Gasteiger partial charge in [0.05, 0.1) is 11.9 Å². The molecule has 0 unspecified atom stereocenters. The lowest BCUT2D eigenvalue weighted by Crippen LogP contribution is -2.29. The van der Waals surface area contributed by atoms with Crippen LogP contribution in [0.5, 0.6) is 0 Å². The van der Waals surface area contributed by atoms with Gasteiger partial charge in [0, 0.05) is 6.54 Å². The summed E-state index contributed by atoms with van der Waals surface area (Å²) in [6, 6.07) is 19.3. The summed E-state index contributed by atoms with van der Waals surface area (Å²) in [5.74, 6) is -0.903. The first-order chi connectivity index (χ1) is 13.1. The first-order valence-corrected chi connectivity index (χ1v) is 8.80. The Kier molecular flexibility index (Phi) is 5.99. The van der Waals surface area contributed by atoms with Gasteiger partial charge >= 0.3 is 5.97 Å². The number of anilines is 1. The molecule has 138 valence electrons. The molecule has 6 nitrogen and oxygen atoms in total. The van der Waals surface area contributed by atoms with E-state index in [0.29, 0.717) is 12.2 Å². The zero-order valence-electron chi connectivity index (χ0n) is 14.8. The first kappa shape index (κ1) is 18.4. The lowest BCUT2D eigenvalue weighted by Gasteiger charge is -2.13. The first-order valence-electron chi connectivity index (χ1n) is 8.80. The summed E-state index contributed by atoms with van der Waals surface area (Å²) in [6.07, 6.45) is 3.27. The lowest BCUT2D eigenvalue weighted by atomic mass is 10.1. The van der Waals surface area contributed by atoms with E-state index in [9.17, 15) is 14.7 Å². The highest BCUT2D eigenvalue weighted by atomic mass is 16.4. The topological polar surface area (TPSA) is 84.2 Å². The summed E-state index contributed by atoms with van der Waals surface area (Å²) in [7, 11) is 0. The summed E-state index contributed by atoms with van der Waals surface area (Å²) in [5, 5.41) is 12.2. The molecule has 0 bridgehead atoms. The van der Waals surface area contributed by atoms with E-state index in [4.69, 9.17) is 0 Å². The zero-order valence-corrected chi connectivity index (χ0v) is 14.8. The fourth-order valence-electron chi connectivity index (χ4n) is 2.88. The number of carboxylic acid groups (broad SMARTS) is 1. The Bertz CT molecular complexity index is 953. The van der Waals surface area contributed by atoms with E-state index in [2.05, 4.69) is 22.4 Å². The molecule has 0 radical (unpaired) electrons. The van der Waals surface area contributed by atoms with Gasteiger partial charge in [-0.25, -0.2) is 4.98 Å². The molecule has 0 aliphatic carbocycles.